The molecule has 34 heavy (non-hydrogen) atoms. The van der Waals surface area contributed by atoms with Crippen molar-refractivity contribution in [3.63, 3.8) is 0 Å². The predicted molar refractivity (Wildman–Crippen MR) is 130 cm³/mol. The van der Waals surface area contributed by atoms with E-state index in [2.05, 4.69) is 11.4 Å². The molecule has 0 saturated carbocycles. The number of nitriles is 1. The smallest absolute Gasteiger partial charge is 0.244 e. The highest BCUT2D eigenvalue weighted by Gasteiger charge is 2.35. The number of hydrogen-bond donors (Lipinski definition) is 1. The average molecular weight is 522 g/mol. The van der Waals surface area contributed by atoms with Crippen molar-refractivity contribution in [2.24, 2.45) is 5.92 Å². The van der Waals surface area contributed by atoms with Crippen molar-refractivity contribution in [1.29, 1.82) is 5.26 Å². The molecule has 1 aliphatic carbocycles. The molecule has 1 amide bonds. The molecule has 8 nitrogen and oxygen atoms in total. The number of nitrogens with zero attached hydrogens (tertiary/aromatic N) is 2. The molecular formula is C23H27N3O5S3. The number of carbonyl (C=O) groups is 1. The molecule has 1 N–H and O–H groups in total. The van der Waals surface area contributed by atoms with Crippen LogP contribution in [0.25, 0.3) is 0 Å². The van der Waals surface area contributed by atoms with E-state index in [1.165, 1.54) is 44.8 Å². The second-order valence-electron chi connectivity index (χ2n) is 8.77. The van der Waals surface area contributed by atoms with Gasteiger partial charge in [-0.15, -0.1) is 11.3 Å². The number of rotatable bonds is 5. The first-order chi connectivity index (χ1) is 16.1. The summed E-state index contributed by atoms with van der Waals surface area (Å²) in [4.78, 5) is 13.7. The summed E-state index contributed by atoms with van der Waals surface area (Å²) in [5, 5.41) is 13.2. The van der Waals surface area contributed by atoms with Crippen LogP contribution in [0.1, 0.15) is 48.1 Å². The standard InChI is InChI=1S/C23H27N3O5S3/c1-33(28,29)20-9-5-6-10-21(20)34(30,31)26-13-11-16(12-14-26)22(27)25-23-18(15-24)17-7-3-2-4-8-19(17)32-23/h5-6,9-10,16H,2-4,7-8,11-14H2,1H3,(H,25,27). The molecule has 0 radical (unpaired) electrons. The zero-order valence-electron chi connectivity index (χ0n) is 18.9. The first kappa shape index (κ1) is 24.9. The van der Waals surface area contributed by atoms with Crippen LogP contribution in [0.3, 0.4) is 0 Å². The van der Waals surface area contributed by atoms with Crippen molar-refractivity contribution in [2.75, 3.05) is 24.7 Å². The monoisotopic (exact) mass is 521 g/mol. The van der Waals surface area contributed by atoms with Crippen molar-refractivity contribution < 1.29 is 21.6 Å². The number of benzene rings is 1. The molecule has 2 aliphatic rings. The summed E-state index contributed by atoms with van der Waals surface area (Å²) in [5.41, 5.74) is 1.62. The number of aryl methyl sites for hydroxylation is 1. The zero-order valence-corrected chi connectivity index (χ0v) is 21.4. The molecule has 182 valence electrons. The lowest BCUT2D eigenvalue weighted by Gasteiger charge is -2.30. The Bertz CT molecular complexity index is 1350. The number of sulfonamides is 1. The Kier molecular flexibility index (Phi) is 7.14. The van der Waals surface area contributed by atoms with Gasteiger partial charge in [-0.3, -0.25) is 4.79 Å². The summed E-state index contributed by atoms with van der Waals surface area (Å²) in [7, 11) is -7.74. The fourth-order valence-corrected chi connectivity index (χ4v) is 8.94. The van der Waals surface area contributed by atoms with Crippen LogP contribution in [-0.4, -0.2) is 46.4 Å². The largest absolute Gasteiger partial charge is 0.316 e. The lowest BCUT2D eigenvalue weighted by atomic mass is 9.97. The molecule has 11 heteroatoms. The Morgan fingerprint density at radius 3 is 2.35 bits per heavy atom. The van der Waals surface area contributed by atoms with Crippen LogP contribution in [0, 0.1) is 17.2 Å². The number of sulfone groups is 1. The summed E-state index contributed by atoms with van der Waals surface area (Å²) in [5.74, 6) is -0.591. The fourth-order valence-electron chi connectivity index (χ4n) is 4.63. The molecular weight excluding hydrogens is 494 g/mol. The number of nitrogens with one attached hydrogen (secondary N) is 1. The van der Waals surface area contributed by atoms with Gasteiger partial charge in [-0.1, -0.05) is 18.6 Å². The maximum absolute atomic E-state index is 13.2. The van der Waals surface area contributed by atoms with Gasteiger partial charge in [0.2, 0.25) is 15.9 Å². The molecule has 1 saturated heterocycles. The van der Waals surface area contributed by atoms with Gasteiger partial charge in [0, 0.05) is 30.1 Å². The zero-order chi connectivity index (χ0) is 24.5. The molecule has 1 fully saturated rings. The third kappa shape index (κ3) is 4.91. The number of hydrogen-bond acceptors (Lipinski definition) is 7. The first-order valence-electron chi connectivity index (χ1n) is 11.3. The van der Waals surface area contributed by atoms with Crippen LogP contribution in [0.5, 0.6) is 0 Å². The third-order valence-electron chi connectivity index (χ3n) is 6.46. The van der Waals surface area contributed by atoms with E-state index >= 15 is 0 Å². The first-order valence-corrected chi connectivity index (χ1v) is 15.4. The van der Waals surface area contributed by atoms with Crippen molar-refractivity contribution in [2.45, 2.75) is 54.7 Å². The van der Waals surface area contributed by atoms with Gasteiger partial charge in [-0.2, -0.15) is 9.57 Å². The second-order valence-corrected chi connectivity index (χ2v) is 13.8. The molecule has 4 rings (SSSR count). The lowest BCUT2D eigenvalue weighted by molar-refractivity contribution is -0.120. The second kappa shape index (κ2) is 9.77. The highest BCUT2D eigenvalue weighted by Crippen LogP contribution is 2.37. The van der Waals surface area contributed by atoms with Gasteiger partial charge in [0.15, 0.2) is 9.84 Å². The minimum Gasteiger partial charge on any atom is -0.316 e. The van der Waals surface area contributed by atoms with Crippen LogP contribution in [-0.2, 0) is 37.5 Å². The molecule has 1 aliphatic heterocycles. The van der Waals surface area contributed by atoms with E-state index in [9.17, 15) is 26.9 Å². The van der Waals surface area contributed by atoms with Gasteiger partial charge >= 0.3 is 0 Å². The Morgan fingerprint density at radius 2 is 1.71 bits per heavy atom. The van der Waals surface area contributed by atoms with Crippen molar-refractivity contribution in [3.8, 4) is 6.07 Å². The Morgan fingerprint density at radius 1 is 1.06 bits per heavy atom. The average Bonchev–Trinajstić information content (AvgIpc) is 2.97. The molecule has 0 spiro atoms. The maximum atomic E-state index is 13.2. The fraction of sp³-hybridized carbons (Fsp3) is 0.478. The van der Waals surface area contributed by atoms with Gasteiger partial charge in [0.1, 0.15) is 16.0 Å². The minimum atomic E-state index is -4.02. The van der Waals surface area contributed by atoms with E-state index in [4.69, 9.17) is 0 Å². The maximum Gasteiger partial charge on any atom is 0.244 e. The normalized spacial score (nSPS) is 18.0. The summed E-state index contributed by atoms with van der Waals surface area (Å²) in [6, 6.07) is 7.84. The van der Waals surface area contributed by atoms with E-state index in [0.29, 0.717) is 23.4 Å². The minimum absolute atomic E-state index is 0.116. The van der Waals surface area contributed by atoms with Crippen molar-refractivity contribution in [3.05, 3.63) is 40.3 Å². The number of fused-ring (bicyclic) bond motifs is 1. The SMILES string of the molecule is CS(=O)(=O)c1ccccc1S(=O)(=O)N1CCC(C(=O)Nc2sc3c(c2C#N)CCCCC3)CC1. The Balaban J connectivity index is 1.46. The van der Waals surface area contributed by atoms with E-state index < -0.39 is 19.9 Å². The van der Waals surface area contributed by atoms with E-state index in [-0.39, 0.29) is 34.7 Å². The summed E-state index contributed by atoms with van der Waals surface area (Å²) < 4.78 is 51.8. The third-order valence-corrected chi connectivity index (χ3v) is 10.9. The predicted octanol–water partition coefficient (Wildman–Crippen LogP) is 3.33. The molecule has 1 aromatic heterocycles. The quantitative estimate of drug-likeness (QED) is 0.602. The number of piperidine rings is 1. The number of carbonyl (C=O) groups excluding carboxylic acids is 1. The molecule has 1 aromatic carbocycles. The highest BCUT2D eigenvalue weighted by molar-refractivity contribution is 7.93. The Hall–Kier alpha value is -2.26. The van der Waals surface area contributed by atoms with Gasteiger partial charge in [0.05, 0.1) is 10.5 Å². The summed E-state index contributed by atoms with van der Waals surface area (Å²) >= 11 is 1.48. The van der Waals surface area contributed by atoms with Gasteiger partial charge in [0.25, 0.3) is 0 Å². The summed E-state index contributed by atoms with van der Waals surface area (Å²) in [6.45, 7) is 0.231. The van der Waals surface area contributed by atoms with E-state index in [0.717, 1.165) is 43.9 Å². The highest BCUT2D eigenvalue weighted by atomic mass is 32.2. The van der Waals surface area contributed by atoms with E-state index in [1.54, 1.807) is 0 Å². The lowest BCUT2D eigenvalue weighted by Crippen LogP contribution is -2.41. The molecule has 0 atom stereocenters. The molecule has 2 heterocycles. The number of anilines is 1. The van der Waals surface area contributed by atoms with Gasteiger partial charge < -0.3 is 5.32 Å². The Labute approximate surface area is 204 Å². The molecule has 0 unspecified atom stereocenters. The topological polar surface area (TPSA) is 124 Å². The molecule has 2 aromatic rings. The van der Waals surface area contributed by atoms with Crippen LogP contribution >= 0.6 is 11.3 Å². The van der Waals surface area contributed by atoms with Gasteiger partial charge in [-0.05, 0) is 56.2 Å². The van der Waals surface area contributed by atoms with Crippen LogP contribution < -0.4 is 5.32 Å². The van der Waals surface area contributed by atoms with Crippen molar-refractivity contribution >= 4 is 42.1 Å². The van der Waals surface area contributed by atoms with Gasteiger partial charge in [-0.25, -0.2) is 16.8 Å². The summed E-state index contributed by atoms with van der Waals surface area (Å²) in [6.07, 6.45) is 6.67. The number of thiophene rings is 1. The molecule has 0 bridgehead atoms. The van der Waals surface area contributed by atoms with Crippen molar-refractivity contribution in [1.82, 2.24) is 4.31 Å². The van der Waals surface area contributed by atoms with E-state index in [1.807, 2.05) is 0 Å². The van der Waals surface area contributed by atoms with Crippen LogP contribution in [0.2, 0.25) is 0 Å². The van der Waals surface area contributed by atoms with Crippen LogP contribution in [0.4, 0.5) is 5.00 Å². The van der Waals surface area contributed by atoms with Crippen LogP contribution in [0.15, 0.2) is 34.1 Å². The number of amides is 1.